The summed E-state index contributed by atoms with van der Waals surface area (Å²) in [5.41, 5.74) is 1.48. The van der Waals surface area contributed by atoms with Crippen LogP contribution in [0.25, 0.3) is 11.3 Å². The third kappa shape index (κ3) is 3.15. The molecule has 0 amide bonds. The fraction of sp³-hybridized carbons (Fsp3) is 0.286. The summed E-state index contributed by atoms with van der Waals surface area (Å²) in [5.74, 6) is 1.40. The third-order valence-electron chi connectivity index (χ3n) is 2.47. The zero-order valence-electron chi connectivity index (χ0n) is 10.9. The Morgan fingerprint density at radius 2 is 1.68 bits per heavy atom. The quantitative estimate of drug-likeness (QED) is 0.838. The number of hydrogen-bond acceptors (Lipinski definition) is 4. The van der Waals surface area contributed by atoms with E-state index in [4.69, 9.17) is 21.1 Å². The van der Waals surface area contributed by atoms with Crippen molar-refractivity contribution >= 4 is 11.6 Å². The molecule has 0 spiro atoms. The van der Waals surface area contributed by atoms with Gasteiger partial charge in [0.05, 0.1) is 13.2 Å². The van der Waals surface area contributed by atoms with Crippen molar-refractivity contribution in [2.75, 3.05) is 13.2 Å². The minimum Gasteiger partial charge on any atom is -0.490 e. The maximum Gasteiger partial charge on any atom is 0.161 e. The molecule has 0 radical (unpaired) electrons. The summed E-state index contributed by atoms with van der Waals surface area (Å²) in [6.07, 6.45) is 3.17. The fourth-order valence-corrected chi connectivity index (χ4v) is 1.93. The highest BCUT2D eigenvalue weighted by atomic mass is 35.5. The van der Waals surface area contributed by atoms with Crippen molar-refractivity contribution < 1.29 is 9.47 Å². The van der Waals surface area contributed by atoms with Crippen LogP contribution in [-0.4, -0.2) is 23.2 Å². The fourth-order valence-electron chi connectivity index (χ4n) is 1.71. The predicted octanol–water partition coefficient (Wildman–Crippen LogP) is 3.59. The Morgan fingerprint density at radius 1 is 1.00 bits per heavy atom. The normalized spacial score (nSPS) is 10.3. The number of halogens is 1. The molecule has 0 aliphatic rings. The van der Waals surface area contributed by atoms with E-state index in [9.17, 15) is 0 Å². The van der Waals surface area contributed by atoms with Crippen LogP contribution in [0, 0.1) is 0 Å². The number of ether oxygens (including phenoxy) is 2. The van der Waals surface area contributed by atoms with Gasteiger partial charge in [0.25, 0.3) is 0 Å². The lowest BCUT2D eigenvalue weighted by molar-refractivity contribution is 0.288. The number of rotatable bonds is 5. The van der Waals surface area contributed by atoms with Crippen molar-refractivity contribution in [2.24, 2.45) is 0 Å². The van der Waals surface area contributed by atoms with Crippen molar-refractivity contribution in [2.45, 2.75) is 13.8 Å². The van der Waals surface area contributed by atoms with Crippen molar-refractivity contribution in [3.8, 4) is 22.8 Å². The van der Waals surface area contributed by atoms with E-state index in [1.807, 2.05) is 32.0 Å². The van der Waals surface area contributed by atoms with Crippen molar-refractivity contribution in [3.63, 3.8) is 0 Å². The molecule has 0 aliphatic heterocycles. The summed E-state index contributed by atoms with van der Waals surface area (Å²) in [7, 11) is 0. The van der Waals surface area contributed by atoms with E-state index in [0.717, 1.165) is 5.56 Å². The van der Waals surface area contributed by atoms with E-state index in [-0.39, 0.29) is 0 Å². The van der Waals surface area contributed by atoms with Crippen LogP contribution in [0.2, 0.25) is 5.15 Å². The highest BCUT2D eigenvalue weighted by Crippen LogP contribution is 2.33. The van der Waals surface area contributed by atoms with Gasteiger partial charge in [0.15, 0.2) is 16.7 Å². The molecule has 5 heteroatoms. The summed E-state index contributed by atoms with van der Waals surface area (Å²) >= 11 is 6.04. The lowest BCUT2D eigenvalue weighted by Crippen LogP contribution is -1.99. The Kier molecular flexibility index (Phi) is 4.58. The Hall–Kier alpha value is -1.81. The molecule has 0 fully saturated rings. The Labute approximate surface area is 117 Å². The molecular formula is C14H15ClN2O2. The van der Waals surface area contributed by atoms with Gasteiger partial charge in [-0.25, -0.2) is 4.98 Å². The molecule has 2 rings (SSSR count). The van der Waals surface area contributed by atoms with E-state index in [1.165, 1.54) is 0 Å². The highest BCUT2D eigenvalue weighted by Gasteiger charge is 2.11. The molecule has 1 aromatic carbocycles. The van der Waals surface area contributed by atoms with Crippen molar-refractivity contribution in [1.29, 1.82) is 0 Å². The van der Waals surface area contributed by atoms with Gasteiger partial charge < -0.3 is 9.47 Å². The summed E-state index contributed by atoms with van der Waals surface area (Å²) in [4.78, 5) is 8.26. The van der Waals surface area contributed by atoms with Gasteiger partial charge in [-0.15, -0.1) is 0 Å². The number of aromatic nitrogens is 2. The zero-order chi connectivity index (χ0) is 13.7. The van der Waals surface area contributed by atoms with Crippen LogP contribution in [0.3, 0.4) is 0 Å². The Bertz CT molecular complexity index is 561. The molecule has 0 atom stereocenters. The molecular weight excluding hydrogens is 264 g/mol. The summed E-state index contributed by atoms with van der Waals surface area (Å²) in [6, 6.07) is 5.61. The SMILES string of the molecule is CCOc1ccc(-c2nccnc2Cl)cc1OCC. The van der Waals surface area contributed by atoms with Crippen molar-refractivity contribution in [1.82, 2.24) is 9.97 Å². The topological polar surface area (TPSA) is 44.2 Å². The van der Waals surface area contributed by atoms with Crippen LogP contribution in [0.1, 0.15) is 13.8 Å². The third-order valence-corrected chi connectivity index (χ3v) is 2.75. The Morgan fingerprint density at radius 3 is 2.37 bits per heavy atom. The smallest absolute Gasteiger partial charge is 0.161 e. The van der Waals surface area contributed by atoms with Gasteiger partial charge in [0.1, 0.15) is 5.69 Å². The van der Waals surface area contributed by atoms with Crippen LogP contribution in [0.15, 0.2) is 30.6 Å². The monoisotopic (exact) mass is 278 g/mol. The summed E-state index contributed by atoms with van der Waals surface area (Å²) < 4.78 is 11.1. The van der Waals surface area contributed by atoms with Crippen LogP contribution in [-0.2, 0) is 0 Å². The Balaban J connectivity index is 2.43. The van der Waals surface area contributed by atoms with E-state index in [0.29, 0.717) is 35.6 Å². The first kappa shape index (κ1) is 13.6. The average Bonchev–Trinajstić information content (AvgIpc) is 2.42. The van der Waals surface area contributed by atoms with Crippen LogP contribution < -0.4 is 9.47 Å². The zero-order valence-corrected chi connectivity index (χ0v) is 11.6. The molecule has 2 aromatic rings. The number of nitrogens with zero attached hydrogens (tertiary/aromatic N) is 2. The maximum absolute atomic E-state index is 6.04. The molecule has 19 heavy (non-hydrogen) atoms. The second kappa shape index (κ2) is 6.38. The molecule has 0 aliphatic carbocycles. The van der Waals surface area contributed by atoms with E-state index < -0.39 is 0 Å². The minimum absolute atomic E-state index is 0.370. The average molecular weight is 279 g/mol. The molecule has 0 N–H and O–H groups in total. The van der Waals surface area contributed by atoms with Gasteiger partial charge >= 0.3 is 0 Å². The van der Waals surface area contributed by atoms with Gasteiger partial charge in [-0.3, -0.25) is 4.98 Å². The van der Waals surface area contributed by atoms with Crippen LogP contribution in [0.5, 0.6) is 11.5 Å². The van der Waals surface area contributed by atoms with Gasteiger partial charge in [0, 0.05) is 18.0 Å². The molecule has 1 heterocycles. The molecule has 4 nitrogen and oxygen atoms in total. The first-order valence-electron chi connectivity index (χ1n) is 6.12. The standard InChI is InChI=1S/C14H15ClN2O2/c1-3-18-11-6-5-10(9-12(11)19-4-2)13-14(15)17-8-7-16-13/h5-9H,3-4H2,1-2H3. The molecule has 0 bridgehead atoms. The minimum atomic E-state index is 0.370. The van der Waals surface area contributed by atoms with Gasteiger partial charge in [-0.05, 0) is 32.0 Å². The number of benzene rings is 1. The summed E-state index contributed by atoms with van der Waals surface area (Å²) in [5, 5.41) is 0.370. The molecule has 1 aromatic heterocycles. The molecule has 0 saturated carbocycles. The van der Waals surface area contributed by atoms with Crippen LogP contribution >= 0.6 is 11.6 Å². The second-order valence-corrected chi connectivity index (χ2v) is 4.08. The van der Waals surface area contributed by atoms with Gasteiger partial charge in [-0.2, -0.15) is 0 Å². The van der Waals surface area contributed by atoms with E-state index >= 15 is 0 Å². The molecule has 0 saturated heterocycles. The number of hydrogen-bond donors (Lipinski definition) is 0. The molecule has 0 unspecified atom stereocenters. The lowest BCUT2D eigenvalue weighted by atomic mass is 10.1. The second-order valence-electron chi connectivity index (χ2n) is 3.72. The largest absolute Gasteiger partial charge is 0.490 e. The molecule has 100 valence electrons. The first-order chi connectivity index (χ1) is 9.26. The van der Waals surface area contributed by atoms with Crippen molar-refractivity contribution in [3.05, 3.63) is 35.7 Å². The highest BCUT2D eigenvalue weighted by molar-refractivity contribution is 6.31. The van der Waals surface area contributed by atoms with Gasteiger partial charge in [0.2, 0.25) is 0 Å². The maximum atomic E-state index is 6.04. The van der Waals surface area contributed by atoms with Crippen LogP contribution in [0.4, 0.5) is 0 Å². The van der Waals surface area contributed by atoms with E-state index in [2.05, 4.69) is 9.97 Å². The predicted molar refractivity (Wildman–Crippen MR) is 74.8 cm³/mol. The van der Waals surface area contributed by atoms with Gasteiger partial charge in [-0.1, -0.05) is 11.6 Å². The lowest BCUT2D eigenvalue weighted by Gasteiger charge is -2.12. The first-order valence-corrected chi connectivity index (χ1v) is 6.50. The van der Waals surface area contributed by atoms with E-state index in [1.54, 1.807) is 12.4 Å². The summed E-state index contributed by atoms with van der Waals surface area (Å²) in [6.45, 7) is 5.02.